The summed E-state index contributed by atoms with van der Waals surface area (Å²) in [6.07, 6.45) is 2.02. The van der Waals surface area contributed by atoms with Crippen LogP contribution in [0, 0.1) is 0 Å². The molecule has 1 aromatic carbocycles. The Morgan fingerprint density at radius 1 is 1.45 bits per heavy atom. The standard InChI is InChI=1S/C14H15ClN2O2S/c1-8-7-14(2,3)16-13(20)17(8)11-6-9(12(18)19)4-5-10(11)15/h4-7H,1-3H3,(H,16,20)(H,18,19). The van der Waals surface area contributed by atoms with E-state index in [1.807, 2.05) is 26.8 Å². The number of nitrogens with one attached hydrogen (secondary N) is 1. The molecule has 0 aromatic heterocycles. The highest BCUT2D eigenvalue weighted by Crippen LogP contribution is 2.32. The van der Waals surface area contributed by atoms with E-state index < -0.39 is 5.97 Å². The van der Waals surface area contributed by atoms with E-state index in [2.05, 4.69) is 5.32 Å². The van der Waals surface area contributed by atoms with Crippen LogP contribution in [-0.2, 0) is 0 Å². The molecule has 2 rings (SSSR count). The van der Waals surface area contributed by atoms with E-state index in [9.17, 15) is 4.79 Å². The summed E-state index contributed by atoms with van der Waals surface area (Å²) in [6, 6.07) is 4.56. The van der Waals surface area contributed by atoms with Gasteiger partial charge in [-0.15, -0.1) is 0 Å². The highest BCUT2D eigenvalue weighted by atomic mass is 35.5. The molecule has 0 radical (unpaired) electrons. The van der Waals surface area contributed by atoms with Crippen molar-refractivity contribution in [2.75, 3.05) is 4.90 Å². The molecule has 0 atom stereocenters. The molecular weight excluding hydrogens is 296 g/mol. The van der Waals surface area contributed by atoms with Crippen LogP contribution < -0.4 is 10.2 Å². The Kier molecular flexibility index (Phi) is 3.75. The first-order valence-electron chi connectivity index (χ1n) is 6.06. The van der Waals surface area contributed by atoms with Gasteiger partial charge in [-0.2, -0.15) is 0 Å². The highest BCUT2D eigenvalue weighted by Gasteiger charge is 2.28. The van der Waals surface area contributed by atoms with Crippen LogP contribution in [0.3, 0.4) is 0 Å². The third kappa shape index (κ3) is 2.78. The molecule has 0 saturated carbocycles. The highest BCUT2D eigenvalue weighted by molar-refractivity contribution is 7.80. The summed E-state index contributed by atoms with van der Waals surface area (Å²) in [5.41, 5.74) is 1.40. The molecule has 0 amide bonds. The smallest absolute Gasteiger partial charge is 0.335 e. The summed E-state index contributed by atoms with van der Waals surface area (Å²) in [5, 5.41) is 13.2. The number of carboxylic acids is 1. The Labute approximate surface area is 128 Å². The van der Waals surface area contributed by atoms with Crippen LogP contribution in [-0.4, -0.2) is 21.7 Å². The molecule has 1 aliphatic heterocycles. The van der Waals surface area contributed by atoms with Gasteiger partial charge < -0.3 is 10.4 Å². The lowest BCUT2D eigenvalue weighted by atomic mass is 10.0. The van der Waals surface area contributed by atoms with Gasteiger partial charge in [-0.3, -0.25) is 4.90 Å². The van der Waals surface area contributed by atoms with Crippen molar-refractivity contribution in [2.24, 2.45) is 0 Å². The lowest BCUT2D eigenvalue weighted by Crippen LogP contribution is -2.53. The van der Waals surface area contributed by atoms with Gasteiger partial charge in [0, 0.05) is 5.70 Å². The molecule has 0 unspecified atom stereocenters. The van der Waals surface area contributed by atoms with Crippen molar-refractivity contribution < 1.29 is 9.90 Å². The van der Waals surface area contributed by atoms with E-state index in [4.69, 9.17) is 28.9 Å². The van der Waals surface area contributed by atoms with Crippen molar-refractivity contribution in [1.29, 1.82) is 0 Å². The number of thiocarbonyl (C=S) groups is 1. The lowest BCUT2D eigenvalue weighted by molar-refractivity contribution is 0.0697. The van der Waals surface area contributed by atoms with Crippen LogP contribution in [0.5, 0.6) is 0 Å². The van der Waals surface area contributed by atoms with Gasteiger partial charge in [0.25, 0.3) is 0 Å². The number of rotatable bonds is 2. The first-order chi connectivity index (χ1) is 9.21. The molecule has 0 aliphatic carbocycles. The van der Waals surface area contributed by atoms with E-state index in [0.29, 0.717) is 15.8 Å². The number of anilines is 1. The Morgan fingerprint density at radius 3 is 2.65 bits per heavy atom. The van der Waals surface area contributed by atoms with Crippen molar-refractivity contribution in [1.82, 2.24) is 5.32 Å². The van der Waals surface area contributed by atoms with Crippen molar-refractivity contribution >= 4 is 40.6 Å². The number of hydrogen-bond acceptors (Lipinski definition) is 2. The molecule has 4 nitrogen and oxygen atoms in total. The molecule has 0 saturated heterocycles. The topological polar surface area (TPSA) is 52.6 Å². The summed E-state index contributed by atoms with van der Waals surface area (Å²) < 4.78 is 0. The fourth-order valence-electron chi connectivity index (χ4n) is 2.23. The predicted molar refractivity (Wildman–Crippen MR) is 84.5 cm³/mol. The van der Waals surface area contributed by atoms with Crippen LogP contribution in [0.25, 0.3) is 0 Å². The first kappa shape index (κ1) is 14.8. The fraction of sp³-hybridized carbons (Fsp3) is 0.286. The van der Waals surface area contributed by atoms with Crippen molar-refractivity contribution in [3.8, 4) is 0 Å². The maximum Gasteiger partial charge on any atom is 0.335 e. The fourth-order valence-corrected chi connectivity index (χ4v) is 2.94. The van der Waals surface area contributed by atoms with E-state index in [1.54, 1.807) is 11.0 Å². The summed E-state index contributed by atoms with van der Waals surface area (Å²) in [5.74, 6) is -0.999. The molecule has 0 spiro atoms. The molecule has 0 bridgehead atoms. The van der Waals surface area contributed by atoms with Gasteiger partial charge in [0.15, 0.2) is 5.11 Å². The van der Waals surface area contributed by atoms with Gasteiger partial charge in [0.1, 0.15) is 0 Å². The van der Waals surface area contributed by atoms with Crippen molar-refractivity contribution in [3.63, 3.8) is 0 Å². The quantitative estimate of drug-likeness (QED) is 0.820. The largest absolute Gasteiger partial charge is 0.478 e. The Balaban J connectivity index is 2.53. The van der Waals surface area contributed by atoms with E-state index in [1.165, 1.54) is 12.1 Å². The average molecular weight is 311 g/mol. The zero-order valence-electron chi connectivity index (χ0n) is 11.4. The third-order valence-electron chi connectivity index (χ3n) is 2.99. The SMILES string of the molecule is CC1=CC(C)(C)NC(=S)N1c1cc(C(=O)O)ccc1Cl. The van der Waals surface area contributed by atoms with Crippen molar-refractivity contribution in [3.05, 3.63) is 40.6 Å². The monoisotopic (exact) mass is 310 g/mol. The summed E-state index contributed by atoms with van der Waals surface area (Å²) in [6.45, 7) is 5.93. The molecule has 2 N–H and O–H groups in total. The van der Waals surface area contributed by atoms with E-state index in [-0.39, 0.29) is 11.1 Å². The third-order valence-corrected chi connectivity index (χ3v) is 3.59. The number of nitrogens with zero attached hydrogens (tertiary/aromatic N) is 1. The molecule has 1 aromatic rings. The van der Waals surface area contributed by atoms with Crippen molar-refractivity contribution in [2.45, 2.75) is 26.3 Å². The van der Waals surface area contributed by atoms with Gasteiger partial charge >= 0.3 is 5.97 Å². The lowest BCUT2D eigenvalue weighted by Gasteiger charge is -2.38. The molecule has 20 heavy (non-hydrogen) atoms. The molecule has 1 aliphatic rings. The number of halogens is 1. The van der Waals surface area contributed by atoms with E-state index >= 15 is 0 Å². The Morgan fingerprint density at radius 2 is 2.10 bits per heavy atom. The summed E-state index contributed by atoms with van der Waals surface area (Å²) in [7, 11) is 0. The number of carboxylic acid groups (broad SMARTS) is 1. The van der Waals surface area contributed by atoms with E-state index in [0.717, 1.165) is 5.70 Å². The molecule has 1 heterocycles. The number of aromatic carboxylic acids is 1. The molecule has 0 fully saturated rings. The summed E-state index contributed by atoms with van der Waals surface area (Å²) in [4.78, 5) is 12.8. The van der Waals surface area contributed by atoms with Gasteiger partial charge in [-0.1, -0.05) is 11.6 Å². The molecule has 6 heteroatoms. The zero-order valence-corrected chi connectivity index (χ0v) is 13.0. The number of hydrogen-bond donors (Lipinski definition) is 2. The minimum atomic E-state index is -0.999. The average Bonchev–Trinajstić information content (AvgIpc) is 2.28. The minimum absolute atomic E-state index is 0.171. The maximum atomic E-state index is 11.1. The normalized spacial score (nSPS) is 17.5. The van der Waals surface area contributed by atoms with Crippen LogP contribution in [0.2, 0.25) is 5.02 Å². The Bertz CT molecular complexity index is 626. The molecular formula is C14H15ClN2O2S. The van der Waals surface area contributed by atoms with Gasteiger partial charge in [-0.05, 0) is 57.3 Å². The molecule has 106 valence electrons. The number of benzene rings is 1. The summed E-state index contributed by atoms with van der Waals surface area (Å²) >= 11 is 11.6. The second-order valence-corrected chi connectivity index (χ2v) is 6.04. The second kappa shape index (κ2) is 5.07. The van der Waals surface area contributed by atoms with Crippen LogP contribution in [0.1, 0.15) is 31.1 Å². The second-order valence-electron chi connectivity index (χ2n) is 5.24. The van der Waals surface area contributed by atoms with Crippen LogP contribution in [0.15, 0.2) is 30.0 Å². The van der Waals surface area contributed by atoms with Gasteiger partial charge in [0.2, 0.25) is 0 Å². The first-order valence-corrected chi connectivity index (χ1v) is 6.84. The Hall–Kier alpha value is -1.59. The zero-order chi connectivity index (χ0) is 15.1. The van der Waals surface area contributed by atoms with Crippen LogP contribution in [0.4, 0.5) is 5.69 Å². The van der Waals surface area contributed by atoms with Gasteiger partial charge in [-0.25, -0.2) is 4.79 Å². The number of carbonyl (C=O) groups is 1. The number of allylic oxidation sites excluding steroid dienone is 1. The predicted octanol–water partition coefficient (Wildman–Crippen LogP) is 3.42. The van der Waals surface area contributed by atoms with Gasteiger partial charge in [0.05, 0.1) is 21.8 Å². The minimum Gasteiger partial charge on any atom is -0.478 e. The maximum absolute atomic E-state index is 11.1. The van der Waals surface area contributed by atoms with Crippen LogP contribution >= 0.6 is 23.8 Å².